The van der Waals surface area contributed by atoms with Crippen LogP contribution < -0.4 is 0 Å². The summed E-state index contributed by atoms with van der Waals surface area (Å²) < 4.78 is 8.69. The van der Waals surface area contributed by atoms with Crippen LogP contribution in [0.5, 0.6) is 0 Å². The van der Waals surface area contributed by atoms with Crippen molar-refractivity contribution in [1.29, 1.82) is 0 Å². The largest absolute Gasteiger partial charge is 0.456 e. The van der Waals surface area contributed by atoms with Crippen LogP contribution in [-0.4, -0.2) is 14.4 Å². The molecule has 0 aliphatic rings. The topological polar surface area (TPSA) is 43.3 Å². The minimum absolute atomic E-state index is 0. The monoisotopic (exact) mass is 810 g/mol. The zero-order valence-electron chi connectivity index (χ0n) is 27.3. The number of rotatable bonds is 2. The molecule has 1 radical (unpaired) electrons. The molecule has 0 aliphatic carbocycles. The van der Waals surface area contributed by atoms with Crippen molar-refractivity contribution in [2.75, 3.05) is 0 Å². The Morgan fingerprint density at radius 2 is 1.24 bits per heavy atom. The Morgan fingerprint density at radius 1 is 0.571 bits per heavy atom. The Balaban J connectivity index is 0.000000228. The molecule has 0 unspecified atom stereocenters. The van der Waals surface area contributed by atoms with Crippen LogP contribution in [0.4, 0.5) is 0 Å². The van der Waals surface area contributed by atoms with Crippen LogP contribution >= 0.6 is 0 Å². The van der Waals surface area contributed by atoms with Crippen LogP contribution in [0, 0.1) is 12.1 Å². The summed E-state index contributed by atoms with van der Waals surface area (Å²) in [5.41, 5.74) is 10.8. The van der Waals surface area contributed by atoms with E-state index in [2.05, 4.69) is 95.8 Å². The maximum Gasteiger partial charge on any atom is 0.136 e. The van der Waals surface area contributed by atoms with Gasteiger partial charge in [-0.1, -0.05) is 74.7 Å². The molecule has 0 bridgehead atoms. The van der Waals surface area contributed by atoms with E-state index in [1.807, 2.05) is 79.0 Å². The number of benzene rings is 5. The third-order valence-electron chi connectivity index (χ3n) is 9.28. The number of hydrogen-bond donors (Lipinski definition) is 0. The van der Waals surface area contributed by atoms with E-state index < -0.39 is 0 Å². The Bertz CT molecular complexity index is 2710. The third kappa shape index (κ3) is 5.18. The molecule has 0 atom stereocenters. The van der Waals surface area contributed by atoms with Crippen molar-refractivity contribution in [3.05, 3.63) is 151 Å². The SMILES string of the molecule is CC(C)(C)c1cc2c3cc(-c4ccccn4)[c-]cc3n3c4cc5c(cc4c(c1)c23)oc1ccccc15.[Ir].[c-]1ccccc1-c1ccccn1. The van der Waals surface area contributed by atoms with Gasteiger partial charge in [-0.2, -0.15) is 0 Å². The third-order valence-corrected chi connectivity index (χ3v) is 9.28. The van der Waals surface area contributed by atoms with E-state index in [0.29, 0.717) is 0 Å². The van der Waals surface area contributed by atoms with Crippen molar-refractivity contribution in [2.45, 2.75) is 26.2 Å². The Hall–Kier alpha value is -5.35. The first kappa shape index (κ1) is 30.9. The average Bonchev–Trinajstić information content (AvgIpc) is 3.77. The molecule has 239 valence electrons. The van der Waals surface area contributed by atoms with Gasteiger partial charge in [0, 0.05) is 59.6 Å². The predicted molar refractivity (Wildman–Crippen MR) is 198 cm³/mol. The second-order valence-electron chi connectivity index (χ2n) is 13.3. The molecular formula is C44H31IrN3O-2. The zero-order valence-corrected chi connectivity index (χ0v) is 29.7. The van der Waals surface area contributed by atoms with Crippen molar-refractivity contribution < 1.29 is 24.5 Å². The van der Waals surface area contributed by atoms with Gasteiger partial charge in [-0.3, -0.25) is 0 Å². The summed E-state index contributed by atoms with van der Waals surface area (Å²) in [6, 6.07) is 48.3. The van der Waals surface area contributed by atoms with Crippen molar-refractivity contribution in [3.8, 4) is 22.5 Å². The summed E-state index contributed by atoms with van der Waals surface area (Å²) in [5.74, 6) is 0. The van der Waals surface area contributed by atoms with Gasteiger partial charge in [-0.05, 0) is 69.7 Å². The number of aromatic nitrogens is 3. The van der Waals surface area contributed by atoms with E-state index in [-0.39, 0.29) is 25.5 Å². The molecule has 0 saturated heterocycles. The standard InChI is InChI=1S/C33H23N2O.C11H8N.Ir/c1-33(2,3)20-15-25-22-14-19(27-9-6-7-13-34-27)11-12-28(22)35-29-17-24-21-8-4-5-10-30(21)36-31(24)18-23(29)26(16-20)32(25)35;1-2-6-10(7-3-1)11-8-4-5-9-12-11;/h4-10,12-18H,1-3H3;1-6,8-9H;/q2*-1;. The summed E-state index contributed by atoms with van der Waals surface area (Å²) in [5, 5.41) is 7.31. The number of nitrogens with zero attached hydrogens (tertiary/aromatic N) is 3. The van der Waals surface area contributed by atoms with E-state index in [1.165, 1.54) is 43.7 Å². The van der Waals surface area contributed by atoms with E-state index in [4.69, 9.17) is 4.42 Å². The minimum atomic E-state index is 0. The fourth-order valence-electron chi connectivity index (χ4n) is 6.88. The molecule has 5 heteroatoms. The summed E-state index contributed by atoms with van der Waals surface area (Å²) in [6.45, 7) is 6.85. The molecule has 0 spiro atoms. The first-order valence-electron chi connectivity index (χ1n) is 16.2. The maximum absolute atomic E-state index is 6.28. The van der Waals surface area contributed by atoms with Crippen LogP contribution in [0.25, 0.3) is 82.5 Å². The van der Waals surface area contributed by atoms with Crippen molar-refractivity contribution >= 4 is 60.0 Å². The Kier molecular flexibility index (Phi) is 7.55. The molecule has 0 N–H and O–H groups in total. The molecule has 5 aromatic carbocycles. The number of fused-ring (bicyclic) bond motifs is 9. The van der Waals surface area contributed by atoms with Gasteiger partial charge in [0.05, 0.1) is 5.52 Å². The first-order valence-corrected chi connectivity index (χ1v) is 16.2. The molecule has 0 amide bonds. The van der Waals surface area contributed by atoms with Gasteiger partial charge in [-0.25, -0.2) is 0 Å². The van der Waals surface area contributed by atoms with Gasteiger partial charge in [0.2, 0.25) is 0 Å². The second-order valence-corrected chi connectivity index (χ2v) is 13.3. The van der Waals surface area contributed by atoms with Crippen LogP contribution in [-0.2, 0) is 25.5 Å². The van der Waals surface area contributed by atoms with Gasteiger partial charge >= 0.3 is 0 Å². The molecule has 0 fully saturated rings. The van der Waals surface area contributed by atoms with Gasteiger partial charge < -0.3 is 18.8 Å². The Labute approximate surface area is 297 Å². The predicted octanol–water partition coefficient (Wildman–Crippen LogP) is 11.4. The first-order chi connectivity index (χ1) is 23.4. The van der Waals surface area contributed by atoms with E-state index >= 15 is 0 Å². The normalized spacial score (nSPS) is 11.8. The minimum Gasteiger partial charge on any atom is -0.456 e. The van der Waals surface area contributed by atoms with Gasteiger partial charge in [0.25, 0.3) is 0 Å². The fraction of sp³-hybridized carbons (Fsp3) is 0.0909. The number of furan rings is 1. The zero-order chi connectivity index (χ0) is 32.4. The molecule has 49 heavy (non-hydrogen) atoms. The van der Waals surface area contributed by atoms with Crippen LogP contribution in [0.2, 0.25) is 0 Å². The van der Waals surface area contributed by atoms with E-state index in [1.54, 1.807) is 6.20 Å². The molecule has 0 saturated carbocycles. The van der Waals surface area contributed by atoms with Crippen LogP contribution in [0.15, 0.2) is 138 Å². The second kappa shape index (κ2) is 12.0. The van der Waals surface area contributed by atoms with E-state index in [9.17, 15) is 0 Å². The maximum atomic E-state index is 6.28. The smallest absolute Gasteiger partial charge is 0.136 e. The summed E-state index contributed by atoms with van der Waals surface area (Å²) in [7, 11) is 0. The quantitative estimate of drug-likeness (QED) is 0.163. The summed E-state index contributed by atoms with van der Waals surface area (Å²) >= 11 is 0. The van der Waals surface area contributed by atoms with Gasteiger partial charge in [-0.15, -0.1) is 59.7 Å². The van der Waals surface area contributed by atoms with Gasteiger partial charge in [0.1, 0.15) is 11.2 Å². The summed E-state index contributed by atoms with van der Waals surface area (Å²) in [4.78, 5) is 8.79. The molecule has 10 aromatic rings. The Morgan fingerprint density at radius 3 is 1.92 bits per heavy atom. The van der Waals surface area contributed by atoms with Crippen molar-refractivity contribution in [3.63, 3.8) is 0 Å². The molecule has 5 aromatic heterocycles. The molecule has 10 rings (SSSR count). The van der Waals surface area contributed by atoms with Crippen molar-refractivity contribution in [2.24, 2.45) is 0 Å². The van der Waals surface area contributed by atoms with Crippen molar-refractivity contribution in [1.82, 2.24) is 14.4 Å². The summed E-state index contributed by atoms with van der Waals surface area (Å²) in [6.07, 6.45) is 3.63. The number of hydrogen-bond acceptors (Lipinski definition) is 3. The van der Waals surface area contributed by atoms with E-state index in [0.717, 1.165) is 44.5 Å². The fourth-order valence-corrected chi connectivity index (χ4v) is 6.88. The molecule has 5 heterocycles. The number of pyridine rings is 2. The van der Waals surface area contributed by atoms with Gasteiger partial charge in [0.15, 0.2) is 0 Å². The number of para-hydroxylation sites is 1. The van der Waals surface area contributed by atoms with Crippen LogP contribution in [0.1, 0.15) is 26.3 Å². The molecular weight excluding hydrogens is 779 g/mol. The average molecular weight is 810 g/mol. The van der Waals surface area contributed by atoms with Crippen LogP contribution in [0.3, 0.4) is 0 Å². The molecule has 0 aliphatic heterocycles. The molecule has 4 nitrogen and oxygen atoms in total.